The van der Waals surface area contributed by atoms with Crippen LogP contribution in [0, 0.1) is 10.8 Å². The van der Waals surface area contributed by atoms with Crippen molar-refractivity contribution in [3.63, 3.8) is 0 Å². The molecule has 52 heavy (non-hydrogen) atoms. The highest BCUT2D eigenvalue weighted by Crippen LogP contribution is 2.22. The van der Waals surface area contributed by atoms with Crippen LogP contribution in [-0.2, 0) is 30.4 Å². The van der Waals surface area contributed by atoms with E-state index >= 15 is 0 Å². The molecule has 12 N–H and O–H groups in total. The maximum absolute atomic E-state index is 12.8. The molecule has 0 saturated carbocycles. The molecule has 18 nitrogen and oxygen atoms in total. The van der Waals surface area contributed by atoms with Crippen molar-refractivity contribution >= 4 is 53.3 Å². The van der Waals surface area contributed by atoms with E-state index in [-0.39, 0.29) is 53.3 Å². The first-order valence-corrected chi connectivity index (χ1v) is 13.5. The Morgan fingerprint density at radius 1 is 0.750 bits per heavy atom. The lowest BCUT2D eigenvalue weighted by Crippen LogP contribution is -2.39. The Hall–Kier alpha value is -6.75. The summed E-state index contributed by atoms with van der Waals surface area (Å²) in [6.45, 7) is -0.256. The van der Waals surface area contributed by atoms with Gasteiger partial charge >= 0.3 is 36.2 Å². The van der Waals surface area contributed by atoms with Crippen molar-refractivity contribution in [3.05, 3.63) is 64.7 Å². The van der Waals surface area contributed by atoms with Gasteiger partial charge in [-0.2, -0.15) is 26.3 Å². The Balaban J connectivity index is 0.00000156. The zero-order valence-corrected chi connectivity index (χ0v) is 25.9. The molecule has 0 spiro atoms. The molecule has 24 heteroatoms. The van der Waals surface area contributed by atoms with Gasteiger partial charge in [-0.15, -0.1) is 0 Å². The number of guanidine groups is 1. The van der Waals surface area contributed by atoms with Crippen molar-refractivity contribution in [2.45, 2.75) is 37.7 Å². The second kappa shape index (κ2) is 20.1. The number of hydrogen-bond acceptors (Lipinski definition) is 10. The zero-order valence-electron chi connectivity index (χ0n) is 25.9. The summed E-state index contributed by atoms with van der Waals surface area (Å²) in [5.41, 5.74) is 11.4. The van der Waals surface area contributed by atoms with E-state index in [1.165, 1.54) is 42.5 Å². The van der Waals surface area contributed by atoms with Crippen LogP contribution in [-0.4, -0.2) is 98.7 Å². The number of carbonyl (C=O) groups is 7. The molecule has 0 radical (unpaired) electrons. The third kappa shape index (κ3) is 17.6. The highest BCUT2D eigenvalue weighted by atomic mass is 19.4. The third-order valence-corrected chi connectivity index (χ3v) is 5.59. The summed E-state index contributed by atoms with van der Waals surface area (Å²) in [4.78, 5) is 76.3. The largest absolute Gasteiger partial charge is 0.491 e. The number of ether oxygens (including phenoxy) is 1. The first-order chi connectivity index (χ1) is 23.8. The molecule has 0 unspecified atom stereocenters. The van der Waals surface area contributed by atoms with Crippen LogP contribution in [0.25, 0.3) is 0 Å². The molecule has 0 bridgehead atoms. The fourth-order valence-corrected chi connectivity index (χ4v) is 3.17. The molecule has 0 aromatic heterocycles. The highest BCUT2D eigenvalue weighted by molar-refractivity contribution is 6.33. The molecule has 0 aliphatic rings. The lowest BCUT2D eigenvalue weighted by Gasteiger charge is -2.20. The number of carbonyl (C=O) groups excluding carboxylic acids is 3. The highest BCUT2D eigenvalue weighted by Gasteiger charge is 2.39. The molecular formula is C28H28F6N6O12. The van der Waals surface area contributed by atoms with Gasteiger partial charge in [0.1, 0.15) is 18.2 Å². The molecule has 1 atom stereocenters. The molecule has 2 amide bonds. The number of alkyl halides is 6. The molecule has 284 valence electrons. The van der Waals surface area contributed by atoms with Crippen LogP contribution in [0.2, 0.25) is 0 Å². The molecule has 2 aromatic carbocycles. The lowest BCUT2D eigenvalue weighted by atomic mass is 10.0. The summed E-state index contributed by atoms with van der Waals surface area (Å²) in [6, 6.07) is 8.71. The van der Waals surface area contributed by atoms with Gasteiger partial charge in [0, 0.05) is 35.1 Å². The summed E-state index contributed by atoms with van der Waals surface area (Å²) in [5, 5.41) is 51.7. The fraction of sp³-hybridized carbons (Fsp3) is 0.250. The number of aliphatic carboxylic acids is 4. The van der Waals surface area contributed by atoms with Crippen LogP contribution in [0.15, 0.2) is 42.5 Å². The van der Waals surface area contributed by atoms with Gasteiger partial charge in [-0.05, 0) is 36.8 Å². The predicted molar refractivity (Wildman–Crippen MR) is 161 cm³/mol. The van der Waals surface area contributed by atoms with E-state index in [0.717, 1.165) is 0 Å². The molecule has 0 saturated heterocycles. The minimum atomic E-state index is -5.08. The number of nitrogen functional groups attached to an aromatic ring is 1. The van der Waals surface area contributed by atoms with Gasteiger partial charge in [0.15, 0.2) is 5.96 Å². The van der Waals surface area contributed by atoms with Gasteiger partial charge in [0.25, 0.3) is 11.8 Å². The molecule has 0 fully saturated rings. The average molecular weight is 755 g/mol. The quantitative estimate of drug-likeness (QED) is 0.0593. The minimum absolute atomic E-state index is 0.0318. The third-order valence-electron chi connectivity index (χ3n) is 5.59. The van der Waals surface area contributed by atoms with Gasteiger partial charge in [0.2, 0.25) is 5.78 Å². The number of halogens is 6. The number of carboxylic acids is 4. The Kier molecular flexibility index (Phi) is 17.4. The fourth-order valence-electron chi connectivity index (χ4n) is 3.17. The number of nitrogens with two attached hydrogens (primary N) is 2. The summed E-state index contributed by atoms with van der Waals surface area (Å²) < 4.78 is 69.2. The summed E-state index contributed by atoms with van der Waals surface area (Å²) >= 11 is 0. The first-order valence-electron chi connectivity index (χ1n) is 13.5. The van der Waals surface area contributed by atoms with E-state index in [4.69, 9.17) is 57.0 Å². The lowest BCUT2D eigenvalue weighted by molar-refractivity contribution is -0.193. The smallest absolute Gasteiger partial charge is 0.490 e. The monoisotopic (exact) mass is 754 g/mol. The van der Waals surface area contributed by atoms with E-state index in [1.54, 1.807) is 0 Å². The predicted octanol–water partition coefficient (Wildman–Crippen LogP) is 1.10. The molecule has 0 heterocycles. The molecule has 0 aliphatic carbocycles. The number of rotatable bonds is 13. The maximum atomic E-state index is 12.8. The Labute approximate surface area is 286 Å². The van der Waals surface area contributed by atoms with Gasteiger partial charge in [-0.25, -0.2) is 14.4 Å². The average Bonchev–Trinajstić information content (AvgIpc) is 3.01. The van der Waals surface area contributed by atoms with Crippen molar-refractivity contribution in [2.24, 2.45) is 11.5 Å². The topological polar surface area (TPSA) is 333 Å². The van der Waals surface area contributed by atoms with Crippen LogP contribution < -0.4 is 26.8 Å². The van der Waals surface area contributed by atoms with Crippen molar-refractivity contribution < 1.29 is 85.1 Å². The normalized spacial score (nSPS) is 11.1. The zero-order chi connectivity index (χ0) is 40.6. The Morgan fingerprint density at radius 2 is 1.19 bits per heavy atom. The van der Waals surface area contributed by atoms with E-state index in [0.29, 0.717) is 0 Å². The number of amides is 2. The number of amidine groups is 1. The van der Waals surface area contributed by atoms with Gasteiger partial charge in [-0.3, -0.25) is 35.3 Å². The first kappa shape index (κ1) is 45.2. The minimum Gasteiger partial charge on any atom is -0.491 e. The summed E-state index contributed by atoms with van der Waals surface area (Å²) in [6.07, 6.45) is -11.0. The SMILES string of the molecule is N=C(N)NC(=O)c1ccc(C(=O)N[C@H](CCC(=O)O)COc2cc(C(=N)N)ccc2CC(=O)C(=O)O)cc1.O=C(O)C(F)(F)F.O=C(O)C(F)(F)F. The van der Waals surface area contributed by atoms with E-state index in [1.807, 2.05) is 0 Å². The van der Waals surface area contributed by atoms with E-state index in [9.17, 15) is 50.3 Å². The number of carboxylic acid groups (broad SMARTS) is 4. The van der Waals surface area contributed by atoms with Crippen LogP contribution in [0.4, 0.5) is 26.3 Å². The standard InChI is InChI=1S/C24H26N6O8.2C2HF3O2/c25-20(26)15-6-5-14(9-17(31)23(36)37)18(10-15)38-11-16(7-8-19(32)33)29-21(34)12-1-3-13(4-2-12)22(35)30-24(27)28;2*3-2(4,5)1(6)7/h1-6,10,16H,7-9,11H2,(H3,25,26)(H,29,34)(H,32,33)(H,36,37)(H4,27,28,30,35);2*(H,6,7)/t16-;;/m1../s1. The number of Topliss-reactive ketones (excluding diaryl/α,β-unsaturated/α-hetero) is 1. The maximum Gasteiger partial charge on any atom is 0.490 e. The Bertz CT molecular complexity index is 1660. The van der Waals surface area contributed by atoms with Crippen molar-refractivity contribution in [2.75, 3.05) is 6.61 Å². The Morgan fingerprint density at radius 3 is 1.58 bits per heavy atom. The van der Waals surface area contributed by atoms with E-state index < -0.39 is 72.2 Å². The second-order valence-electron chi connectivity index (χ2n) is 9.61. The molecule has 0 aliphatic heterocycles. The van der Waals surface area contributed by atoms with Crippen LogP contribution in [0.3, 0.4) is 0 Å². The van der Waals surface area contributed by atoms with E-state index in [2.05, 4.69) is 10.6 Å². The number of hydrogen-bond donors (Lipinski definition) is 10. The number of nitrogens with one attached hydrogen (secondary N) is 4. The van der Waals surface area contributed by atoms with Crippen LogP contribution >= 0.6 is 0 Å². The summed E-state index contributed by atoms with van der Waals surface area (Å²) in [5.74, 6) is -11.4. The van der Waals surface area contributed by atoms with Crippen LogP contribution in [0.1, 0.15) is 44.7 Å². The summed E-state index contributed by atoms with van der Waals surface area (Å²) in [7, 11) is 0. The van der Waals surface area contributed by atoms with Gasteiger partial charge in [0.05, 0.1) is 6.04 Å². The number of benzene rings is 2. The van der Waals surface area contributed by atoms with Crippen molar-refractivity contribution in [1.82, 2.24) is 10.6 Å². The second-order valence-corrected chi connectivity index (χ2v) is 9.61. The van der Waals surface area contributed by atoms with Gasteiger partial charge in [-0.1, -0.05) is 12.1 Å². The number of ketones is 1. The van der Waals surface area contributed by atoms with Crippen LogP contribution in [0.5, 0.6) is 5.75 Å². The van der Waals surface area contributed by atoms with Crippen molar-refractivity contribution in [1.29, 1.82) is 10.8 Å². The molecule has 2 aromatic rings. The molecule has 2 rings (SSSR count). The molecular weight excluding hydrogens is 726 g/mol. The van der Waals surface area contributed by atoms with Crippen molar-refractivity contribution in [3.8, 4) is 5.75 Å². The van der Waals surface area contributed by atoms with Gasteiger partial charge < -0.3 is 41.9 Å².